The van der Waals surface area contributed by atoms with Gasteiger partial charge in [0.25, 0.3) is 11.8 Å². The zero-order chi connectivity index (χ0) is 24.0. The van der Waals surface area contributed by atoms with Crippen LogP contribution >= 0.6 is 11.6 Å². The van der Waals surface area contributed by atoms with Crippen molar-refractivity contribution in [2.75, 3.05) is 23.3 Å². The number of benzene rings is 1. The van der Waals surface area contributed by atoms with Gasteiger partial charge in [-0.2, -0.15) is 4.98 Å². The van der Waals surface area contributed by atoms with Crippen molar-refractivity contribution in [1.29, 1.82) is 0 Å². The Morgan fingerprint density at radius 3 is 2.41 bits per heavy atom. The lowest BCUT2D eigenvalue weighted by atomic mass is 9.89. The summed E-state index contributed by atoms with van der Waals surface area (Å²) in [6, 6.07) is 6.41. The number of hydrogen-bond donors (Lipinski definition) is 3. The molecule has 11 heteroatoms. The highest BCUT2D eigenvalue weighted by molar-refractivity contribution is 6.30. The van der Waals surface area contributed by atoms with Crippen LogP contribution in [0.4, 0.5) is 22.2 Å². The predicted molar refractivity (Wildman–Crippen MR) is 127 cm³/mol. The molecule has 178 valence electrons. The molecule has 2 saturated heterocycles. The highest BCUT2D eigenvalue weighted by Crippen LogP contribution is 2.33. The molecule has 0 bridgehead atoms. The molecule has 2 aromatic rings. The Bertz CT molecular complexity index is 1150. The Labute approximate surface area is 202 Å². The molecular formula is C23H26ClN7O3. The van der Waals surface area contributed by atoms with Gasteiger partial charge in [-0.15, -0.1) is 0 Å². The number of urea groups is 1. The smallest absolute Gasteiger partial charge is 0.322 e. The number of imide groups is 1. The first-order chi connectivity index (χ1) is 16.3. The van der Waals surface area contributed by atoms with E-state index in [9.17, 15) is 14.4 Å². The van der Waals surface area contributed by atoms with Gasteiger partial charge in [-0.25, -0.2) is 9.78 Å². The van der Waals surface area contributed by atoms with Crippen LogP contribution < -0.4 is 20.9 Å². The van der Waals surface area contributed by atoms with Gasteiger partial charge in [0.2, 0.25) is 5.95 Å². The zero-order valence-electron chi connectivity index (χ0n) is 19.0. The fourth-order valence-electron chi connectivity index (χ4n) is 4.71. The van der Waals surface area contributed by atoms with Gasteiger partial charge in [0, 0.05) is 35.4 Å². The second-order valence-electron chi connectivity index (χ2n) is 9.12. The van der Waals surface area contributed by atoms with E-state index in [4.69, 9.17) is 16.6 Å². The fourth-order valence-corrected chi connectivity index (χ4v) is 4.83. The van der Waals surface area contributed by atoms with Gasteiger partial charge < -0.3 is 20.4 Å². The molecule has 2 fully saturated rings. The third-order valence-electron chi connectivity index (χ3n) is 6.62. The summed E-state index contributed by atoms with van der Waals surface area (Å²) in [5, 5.41) is 8.98. The highest BCUT2D eigenvalue weighted by Gasteiger charge is 2.39. The number of rotatable bonds is 5. The first-order valence-electron chi connectivity index (χ1n) is 11.4. The van der Waals surface area contributed by atoms with Crippen LogP contribution in [0.1, 0.15) is 42.7 Å². The molecule has 34 heavy (non-hydrogen) atoms. The van der Waals surface area contributed by atoms with E-state index in [2.05, 4.69) is 20.9 Å². The topological polar surface area (TPSA) is 120 Å². The molecule has 3 N–H and O–H groups in total. The summed E-state index contributed by atoms with van der Waals surface area (Å²) < 4.78 is 0. The highest BCUT2D eigenvalue weighted by atomic mass is 35.5. The van der Waals surface area contributed by atoms with Gasteiger partial charge >= 0.3 is 6.03 Å². The molecule has 3 aliphatic rings. The Morgan fingerprint density at radius 2 is 1.79 bits per heavy atom. The lowest BCUT2D eigenvalue weighted by Crippen LogP contribution is -2.44. The van der Waals surface area contributed by atoms with Crippen LogP contribution in [0.2, 0.25) is 5.02 Å². The predicted octanol–water partition coefficient (Wildman–Crippen LogP) is 2.66. The van der Waals surface area contributed by atoms with Crippen molar-refractivity contribution in [3.05, 3.63) is 40.5 Å². The molecule has 0 aliphatic carbocycles. The number of piperidine rings is 1. The minimum atomic E-state index is -0.501. The Kier molecular flexibility index (Phi) is 5.76. The maximum absolute atomic E-state index is 13.1. The lowest BCUT2D eigenvalue weighted by Gasteiger charge is -2.34. The Hall–Kier alpha value is -3.40. The molecule has 0 radical (unpaired) electrons. The van der Waals surface area contributed by atoms with Gasteiger partial charge in [0.05, 0.1) is 6.54 Å². The van der Waals surface area contributed by atoms with Crippen LogP contribution in [0.25, 0.3) is 0 Å². The number of nitrogens with zero attached hydrogens (tertiary/aromatic N) is 4. The number of hydrogen-bond acceptors (Lipinski definition) is 7. The summed E-state index contributed by atoms with van der Waals surface area (Å²) in [5.41, 5.74) is 2.01. The van der Waals surface area contributed by atoms with Crippen LogP contribution in [0.3, 0.4) is 0 Å². The molecule has 0 saturated carbocycles. The number of amides is 4. The maximum Gasteiger partial charge on any atom is 0.322 e. The van der Waals surface area contributed by atoms with E-state index in [1.54, 1.807) is 17.0 Å². The van der Waals surface area contributed by atoms with E-state index in [-0.39, 0.29) is 23.8 Å². The molecule has 4 amide bonds. The van der Waals surface area contributed by atoms with Crippen molar-refractivity contribution in [3.8, 4) is 0 Å². The molecule has 1 unspecified atom stereocenters. The summed E-state index contributed by atoms with van der Waals surface area (Å²) >= 11 is 6.02. The summed E-state index contributed by atoms with van der Waals surface area (Å²) in [6.07, 6.45) is 1.40. The number of anilines is 3. The van der Waals surface area contributed by atoms with Gasteiger partial charge in [-0.05, 0) is 56.9 Å². The van der Waals surface area contributed by atoms with Crippen molar-refractivity contribution >= 4 is 46.9 Å². The van der Waals surface area contributed by atoms with Crippen LogP contribution in [0.15, 0.2) is 24.3 Å². The molecule has 1 aromatic carbocycles. The lowest BCUT2D eigenvalue weighted by molar-refractivity contribution is -0.121. The Balaban J connectivity index is 1.41. The van der Waals surface area contributed by atoms with Crippen molar-refractivity contribution in [2.45, 2.75) is 45.3 Å². The standard InChI is InChI=1S/C23H26ClN7O3/c1-12(2)31-11-16-18(21(31)33)26-22(28-19(16)25-15-5-3-14(24)4-6-15)30-9-7-13(8-10-30)17-20(32)29-23(34)27-17/h3-6,12-13,17H,7-11H2,1-2H3,(H,25,26,28)(H2,27,29,32,34). The maximum atomic E-state index is 13.1. The van der Waals surface area contributed by atoms with Crippen LogP contribution in [0.5, 0.6) is 0 Å². The summed E-state index contributed by atoms with van der Waals surface area (Å²) in [4.78, 5) is 49.9. The molecule has 1 atom stereocenters. The van der Waals surface area contributed by atoms with Gasteiger partial charge in [0.1, 0.15) is 17.6 Å². The molecule has 1 aromatic heterocycles. The first-order valence-corrected chi connectivity index (χ1v) is 11.8. The molecule has 10 nitrogen and oxygen atoms in total. The number of aromatic nitrogens is 2. The van der Waals surface area contributed by atoms with E-state index in [1.807, 2.05) is 30.9 Å². The largest absolute Gasteiger partial charge is 0.341 e. The average molecular weight is 484 g/mol. The Morgan fingerprint density at radius 1 is 1.09 bits per heavy atom. The van der Waals surface area contributed by atoms with Crippen LogP contribution in [-0.2, 0) is 11.3 Å². The van der Waals surface area contributed by atoms with Gasteiger partial charge in [-0.3, -0.25) is 14.9 Å². The molecule has 3 aliphatic heterocycles. The second-order valence-corrected chi connectivity index (χ2v) is 9.56. The van der Waals surface area contributed by atoms with Crippen molar-refractivity contribution < 1.29 is 14.4 Å². The minimum Gasteiger partial charge on any atom is -0.341 e. The number of carbonyl (C=O) groups excluding carboxylic acids is 3. The van der Waals surface area contributed by atoms with Crippen LogP contribution in [-0.4, -0.2) is 57.9 Å². The zero-order valence-corrected chi connectivity index (χ0v) is 19.7. The van der Waals surface area contributed by atoms with Gasteiger partial charge in [0.15, 0.2) is 0 Å². The average Bonchev–Trinajstić information content (AvgIpc) is 3.34. The number of nitrogens with one attached hydrogen (secondary N) is 3. The van der Waals surface area contributed by atoms with Crippen molar-refractivity contribution in [3.63, 3.8) is 0 Å². The monoisotopic (exact) mass is 483 g/mol. The minimum absolute atomic E-state index is 0.0389. The number of halogens is 1. The number of fused-ring (bicyclic) bond motifs is 1. The van der Waals surface area contributed by atoms with Crippen molar-refractivity contribution in [1.82, 2.24) is 25.5 Å². The van der Waals surface area contributed by atoms with E-state index in [0.29, 0.717) is 55.0 Å². The summed E-state index contributed by atoms with van der Waals surface area (Å²) in [7, 11) is 0. The summed E-state index contributed by atoms with van der Waals surface area (Å²) in [6.45, 7) is 5.64. The second kappa shape index (κ2) is 8.75. The van der Waals surface area contributed by atoms with E-state index in [0.717, 1.165) is 11.3 Å². The molecule has 0 spiro atoms. The van der Waals surface area contributed by atoms with E-state index >= 15 is 0 Å². The van der Waals surface area contributed by atoms with E-state index in [1.165, 1.54) is 0 Å². The first kappa shape index (κ1) is 22.4. The molecule has 5 rings (SSSR count). The summed E-state index contributed by atoms with van der Waals surface area (Å²) in [5.74, 6) is 0.747. The van der Waals surface area contributed by atoms with Crippen LogP contribution in [0, 0.1) is 5.92 Å². The SMILES string of the molecule is CC(C)N1Cc2c(Nc3ccc(Cl)cc3)nc(N3CCC(C4NC(=O)NC4=O)CC3)nc2C1=O. The molecular weight excluding hydrogens is 458 g/mol. The molecule has 4 heterocycles. The quantitative estimate of drug-likeness (QED) is 0.559. The fraction of sp³-hybridized carbons (Fsp3) is 0.435. The third-order valence-corrected chi connectivity index (χ3v) is 6.87. The normalized spacial score (nSPS) is 20.6. The third kappa shape index (κ3) is 4.13. The van der Waals surface area contributed by atoms with Crippen molar-refractivity contribution in [2.24, 2.45) is 5.92 Å². The van der Waals surface area contributed by atoms with Gasteiger partial charge in [-0.1, -0.05) is 11.6 Å². The number of carbonyl (C=O) groups is 3. The van der Waals surface area contributed by atoms with E-state index < -0.39 is 12.1 Å².